The summed E-state index contributed by atoms with van der Waals surface area (Å²) in [6.07, 6.45) is 0. The maximum absolute atomic E-state index is 12.6. The molecule has 2 aromatic carbocycles. The van der Waals surface area contributed by atoms with E-state index in [4.69, 9.17) is 4.74 Å². The number of benzene rings is 2. The van der Waals surface area contributed by atoms with Crippen LogP contribution in [0.4, 0.5) is 17.2 Å². The predicted octanol–water partition coefficient (Wildman–Crippen LogP) is 4.41. The molecule has 3 aromatic rings. The zero-order valence-electron chi connectivity index (χ0n) is 15.8. The summed E-state index contributed by atoms with van der Waals surface area (Å²) in [5, 5.41) is 6.09. The van der Waals surface area contributed by atoms with E-state index in [-0.39, 0.29) is 11.6 Å². The second-order valence-electron chi connectivity index (χ2n) is 6.37. The minimum absolute atomic E-state index is 0.289. The lowest BCUT2D eigenvalue weighted by Crippen LogP contribution is -2.15. The number of aromatic nitrogens is 2. The fraction of sp³-hybridized carbons (Fsp3) is 0.190. The molecule has 0 fully saturated rings. The van der Waals surface area contributed by atoms with Gasteiger partial charge in [-0.05, 0) is 56.2 Å². The fourth-order valence-electron chi connectivity index (χ4n) is 2.84. The third kappa shape index (κ3) is 4.82. The summed E-state index contributed by atoms with van der Waals surface area (Å²) >= 11 is 0. The average molecular weight is 362 g/mol. The van der Waals surface area contributed by atoms with Gasteiger partial charge in [0.1, 0.15) is 23.1 Å². The van der Waals surface area contributed by atoms with Crippen molar-refractivity contribution in [1.82, 2.24) is 9.97 Å². The summed E-state index contributed by atoms with van der Waals surface area (Å²) in [6, 6.07) is 15.0. The summed E-state index contributed by atoms with van der Waals surface area (Å²) < 4.78 is 5.18. The lowest BCUT2D eigenvalue weighted by Gasteiger charge is -2.11. The number of amides is 1. The van der Waals surface area contributed by atoms with Crippen molar-refractivity contribution >= 4 is 23.1 Å². The first-order valence-corrected chi connectivity index (χ1v) is 8.59. The number of aryl methyl sites for hydroxylation is 3. The second kappa shape index (κ2) is 7.86. The molecule has 0 saturated carbocycles. The maximum Gasteiger partial charge on any atom is 0.274 e. The molecule has 1 heterocycles. The number of methoxy groups -OCH3 is 1. The molecule has 0 radical (unpaired) electrons. The average Bonchev–Trinajstić information content (AvgIpc) is 2.60. The molecule has 6 heteroatoms. The number of carbonyl (C=O) groups excluding carboxylic acids is 1. The SMILES string of the molecule is COc1cccc(NC(=O)c2cc(Nc3cc(C)cc(C)c3)nc(C)n2)c1. The van der Waals surface area contributed by atoms with Gasteiger partial charge in [-0.3, -0.25) is 4.79 Å². The maximum atomic E-state index is 12.6. The van der Waals surface area contributed by atoms with Crippen molar-refractivity contribution in [2.24, 2.45) is 0 Å². The van der Waals surface area contributed by atoms with Gasteiger partial charge in [-0.2, -0.15) is 0 Å². The Balaban J connectivity index is 1.82. The van der Waals surface area contributed by atoms with Crippen LogP contribution in [0.25, 0.3) is 0 Å². The topological polar surface area (TPSA) is 76.1 Å². The smallest absolute Gasteiger partial charge is 0.274 e. The third-order valence-corrected chi connectivity index (χ3v) is 3.89. The first kappa shape index (κ1) is 18.4. The molecule has 2 N–H and O–H groups in total. The Morgan fingerprint density at radius 2 is 1.67 bits per heavy atom. The molecule has 3 rings (SSSR count). The molecule has 1 aromatic heterocycles. The monoisotopic (exact) mass is 362 g/mol. The number of carbonyl (C=O) groups is 1. The summed E-state index contributed by atoms with van der Waals surface area (Å²) in [5.41, 5.74) is 4.15. The minimum Gasteiger partial charge on any atom is -0.497 e. The molecule has 1 amide bonds. The van der Waals surface area contributed by atoms with E-state index >= 15 is 0 Å². The van der Waals surface area contributed by atoms with E-state index < -0.39 is 0 Å². The van der Waals surface area contributed by atoms with Gasteiger partial charge in [0.25, 0.3) is 5.91 Å². The van der Waals surface area contributed by atoms with Crippen LogP contribution in [0.5, 0.6) is 5.75 Å². The molecule has 0 unspecified atom stereocenters. The number of hydrogen-bond donors (Lipinski definition) is 2. The largest absolute Gasteiger partial charge is 0.497 e. The summed E-state index contributed by atoms with van der Waals surface area (Å²) in [7, 11) is 1.58. The van der Waals surface area contributed by atoms with Crippen molar-refractivity contribution in [1.29, 1.82) is 0 Å². The van der Waals surface area contributed by atoms with Crippen LogP contribution in [0, 0.1) is 20.8 Å². The van der Waals surface area contributed by atoms with Crippen molar-refractivity contribution < 1.29 is 9.53 Å². The lowest BCUT2D eigenvalue weighted by atomic mass is 10.1. The van der Waals surface area contributed by atoms with Crippen LogP contribution in [0.2, 0.25) is 0 Å². The number of rotatable bonds is 5. The molecule has 6 nitrogen and oxygen atoms in total. The molecule has 27 heavy (non-hydrogen) atoms. The van der Waals surface area contributed by atoms with Crippen molar-refractivity contribution in [3.8, 4) is 5.75 Å². The molecule has 0 atom stereocenters. The molecular formula is C21H22N4O2. The Morgan fingerprint density at radius 3 is 2.37 bits per heavy atom. The highest BCUT2D eigenvalue weighted by Gasteiger charge is 2.12. The molecule has 0 aliphatic heterocycles. The normalized spacial score (nSPS) is 10.4. The molecule has 138 valence electrons. The van der Waals surface area contributed by atoms with Gasteiger partial charge in [0.05, 0.1) is 7.11 Å². The van der Waals surface area contributed by atoms with E-state index in [0.29, 0.717) is 23.1 Å². The van der Waals surface area contributed by atoms with Gasteiger partial charge in [-0.15, -0.1) is 0 Å². The quantitative estimate of drug-likeness (QED) is 0.703. The molecule has 0 aliphatic rings. The Kier molecular flexibility index (Phi) is 5.35. The highest BCUT2D eigenvalue weighted by atomic mass is 16.5. The van der Waals surface area contributed by atoms with Gasteiger partial charge in [-0.25, -0.2) is 9.97 Å². The van der Waals surface area contributed by atoms with Gasteiger partial charge in [0, 0.05) is 23.5 Å². The predicted molar refractivity (Wildman–Crippen MR) is 107 cm³/mol. The number of ether oxygens (including phenoxy) is 1. The first-order valence-electron chi connectivity index (χ1n) is 8.59. The van der Waals surface area contributed by atoms with E-state index in [1.165, 1.54) is 0 Å². The van der Waals surface area contributed by atoms with Gasteiger partial charge in [-0.1, -0.05) is 12.1 Å². The zero-order valence-corrected chi connectivity index (χ0v) is 15.8. The Morgan fingerprint density at radius 1 is 0.926 bits per heavy atom. The lowest BCUT2D eigenvalue weighted by molar-refractivity contribution is 0.102. The number of nitrogens with zero attached hydrogens (tertiary/aromatic N) is 2. The molecule has 0 bridgehead atoms. The highest BCUT2D eigenvalue weighted by Crippen LogP contribution is 2.20. The fourth-order valence-corrected chi connectivity index (χ4v) is 2.84. The van der Waals surface area contributed by atoms with E-state index in [0.717, 1.165) is 16.8 Å². The van der Waals surface area contributed by atoms with E-state index in [9.17, 15) is 4.79 Å². The van der Waals surface area contributed by atoms with E-state index in [2.05, 4.69) is 26.7 Å². The Bertz CT molecular complexity index is 965. The van der Waals surface area contributed by atoms with Crippen LogP contribution in [-0.2, 0) is 0 Å². The van der Waals surface area contributed by atoms with Gasteiger partial charge in [0.15, 0.2) is 0 Å². The van der Waals surface area contributed by atoms with Crippen LogP contribution < -0.4 is 15.4 Å². The van der Waals surface area contributed by atoms with Crippen LogP contribution in [0.3, 0.4) is 0 Å². The summed E-state index contributed by atoms with van der Waals surface area (Å²) in [4.78, 5) is 21.2. The standard InChI is InChI=1S/C21H22N4O2/c1-13-8-14(2)10-17(9-13)24-20-12-19(22-15(3)23-20)21(26)25-16-6-5-7-18(11-16)27-4/h5-12H,1-4H3,(H,25,26)(H,22,23,24). The van der Waals surface area contributed by atoms with E-state index in [1.54, 1.807) is 32.2 Å². The van der Waals surface area contributed by atoms with Gasteiger partial charge < -0.3 is 15.4 Å². The van der Waals surface area contributed by atoms with Crippen molar-refractivity contribution in [2.75, 3.05) is 17.7 Å². The van der Waals surface area contributed by atoms with Crippen molar-refractivity contribution in [3.63, 3.8) is 0 Å². The molecule has 0 saturated heterocycles. The molecule has 0 aliphatic carbocycles. The third-order valence-electron chi connectivity index (χ3n) is 3.89. The van der Waals surface area contributed by atoms with Crippen molar-refractivity contribution in [2.45, 2.75) is 20.8 Å². The zero-order chi connectivity index (χ0) is 19.4. The van der Waals surface area contributed by atoms with Gasteiger partial charge >= 0.3 is 0 Å². The second-order valence-corrected chi connectivity index (χ2v) is 6.37. The van der Waals surface area contributed by atoms with Crippen molar-refractivity contribution in [3.05, 3.63) is 71.2 Å². The number of nitrogens with one attached hydrogen (secondary N) is 2. The van der Waals surface area contributed by atoms with E-state index in [1.807, 2.05) is 38.1 Å². The number of anilines is 3. The molecular weight excluding hydrogens is 340 g/mol. The Labute approximate surface area is 158 Å². The minimum atomic E-state index is -0.308. The van der Waals surface area contributed by atoms with Gasteiger partial charge in [0.2, 0.25) is 0 Å². The van der Waals surface area contributed by atoms with Crippen LogP contribution in [0.1, 0.15) is 27.4 Å². The van der Waals surface area contributed by atoms with Crippen LogP contribution in [0.15, 0.2) is 48.5 Å². The molecule has 0 spiro atoms. The number of hydrogen-bond acceptors (Lipinski definition) is 5. The first-order chi connectivity index (χ1) is 12.9. The van der Waals surface area contributed by atoms with Crippen LogP contribution in [-0.4, -0.2) is 23.0 Å². The summed E-state index contributed by atoms with van der Waals surface area (Å²) in [6.45, 7) is 5.84. The Hall–Kier alpha value is -3.41. The van der Waals surface area contributed by atoms with Crippen LogP contribution >= 0.6 is 0 Å². The summed E-state index contributed by atoms with van der Waals surface area (Å²) in [5.74, 6) is 1.45. The highest BCUT2D eigenvalue weighted by molar-refractivity contribution is 6.03.